The van der Waals surface area contributed by atoms with Gasteiger partial charge in [-0.05, 0) is 0 Å². The van der Waals surface area contributed by atoms with Crippen LogP contribution in [0.2, 0.25) is 0 Å². The van der Waals surface area contributed by atoms with E-state index in [1.54, 1.807) is 0 Å². The monoisotopic (exact) mass is 96.0 g/mol. The van der Waals surface area contributed by atoms with Crippen LogP contribution in [0.25, 0.3) is 0 Å². The molecule has 0 amide bonds. The summed E-state index contributed by atoms with van der Waals surface area (Å²) in [5.74, 6) is -0.0394. The Morgan fingerprint density at radius 3 is 3.00 bits per heavy atom. The molecule has 1 heterocycles. The quantitative estimate of drug-likeness (QED) is 0.421. The second-order valence-corrected chi connectivity index (χ2v) is 1.05. The molecule has 0 aromatic rings. The van der Waals surface area contributed by atoms with E-state index in [0.29, 0.717) is 0 Å². The smallest absolute Gasteiger partial charge is 0.251 e. The Hall–Kier alpha value is -1.21. The molecule has 7 heavy (non-hydrogen) atoms. The third-order valence-corrected chi connectivity index (χ3v) is 0.540. The number of nitrogens with one attached hydrogen (secondary N) is 1. The van der Waals surface area contributed by atoms with E-state index in [9.17, 15) is 0 Å². The summed E-state index contributed by atoms with van der Waals surface area (Å²) in [6, 6.07) is 0. The van der Waals surface area contributed by atoms with Gasteiger partial charge in [-0.1, -0.05) is 5.73 Å². The number of aliphatic hydroxyl groups is 1. The van der Waals surface area contributed by atoms with Crippen molar-refractivity contribution in [2.45, 2.75) is 0 Å². The van der Waals surface area contributed by atoms with Crippen LogP contribution in [-0.2, 0) is 0 Å². The van der Waals surface area contributed by atoms with Crippen molar-refractivity contribution in [3.63, 3.8) is 0 Å². The molecular weight excluding hydrogens is 92.1 g/mol. The van der Waals surface area contributed by atoms with E-state index in [1.807, 2.05) is 0 Å². The Kier molecular flexibility index (Phi) is 0.845. The number of allylic oxidation sites excluding steroid dienone is 1. The van der Waals surface area contributed by atoms with Gasteiger partial charge in [-0.15, -0.1) is 0 Å². The zero-order valence-electron chi connectivity index (χ0n) is 3.55. The summed E-state index contributed by atoms with van der Waals surface area (Å²) in [5, 5.41) is 11.9. The minimum absolute atomic E-state index is 0.0394. The third kappa shape index (κ3) is 0.809. The maximum atomic E-state index is 8.46. The Labute approximate surface area is 40.7 Å². The molecule has 0 unspecified atom stereocenters. The molecule has 1 rings (SSSR count). The molecule has 36 valence electrons. The molecule has 2 N–H and O–H groups in total. The molecular formula is C4H4N2O. The molecule has 0 saturated carbocycles. The van der Waals surface area contributed by atoms with Crippen molar-refractivity contribution in [1.82, 2.24) is 5.43 Å². The highest BCUT2D eigenvalue weighted by Crippen LogP contribution is 1.79. The van der Waals surface area contributed by atoms with E-state index in [0.717, 1.165) is 0 Å². The lowest BCUT2D eigenvalue weighted by Gasteiger charge is -1.93. The topological polar surface area (TPSA) is 44.6 Å². The van der Waals surface area contributed by atoms with Crippen LogP contribution in [-0.4, -0.2) is 11.3 Å². The summed E-state index contributed by atoms with van der Waals surface area (Å²) < 4.78 is 0. The highest BCUT2D eigenvalue weighted by molar-refractivity contribution is 5.71. The van der Waals surface area contributed by atoms with Crippen LogP contribution in [0.4, 0.5) is 0 Å². The van der Waals surface area contributed by atoms with Crippen molar-refractivity contribution in [3.8, 4) is 0 Å². The van der Waals surface area contributed by atoms with E-state index in [-0.39, 0.29) is 5.88 Å². The predicted molar refractivity (Wildman–Crippen MR) is 25.9 cm³/mol. The normalized spacial score (nSPS) is 15.7. The van der Waals surface area contributed by atoms with Crippen LogP contribution >= 0.6 is 0 Å². The molecule has 0 saturated heterocycles. The van der Waals surface area contributed by atoms with Crippen molar-refractivity contribution < 1.29 is 5.11 Å². The van der Waals surface area contributed by atoms with Crippen LogP contribution in [0.1, 0.15) is 0 Å². The van der Waals surface area contributed by atoms with Gasteiger partial charge in [0.25, 0.3) is 5.88 Å². The van der Waals surface area contributed by atoms with Gasteiger partial charge in [0.05, 0.1) is 6.21 Å². The van der Waals surface area contributed by atoms with Crippen LogP contribution in [0.15, 0.2) is 22.8 Å². The van der Waals surface area contributed by atoms with E-state index in [4.69, 9.17) is 5.11 Å². The lowest BCUT2D eigenvalue weighted by molar-refractivity contribution is 0.369. The summed E-state index contributed by atoms with van der Waals surface area (Å²) >= 11 is 0. The van der Waals surface area contributed by atoms with Gasteiger partial charge >= 0.3 is 0 Å². The molecule has 0 bridgehead atoms. The van der Waals surface area contributed by atoms with Crippen LogP contribution < -0.4 is 5.43 Å². The minimum Gasteiger partial charge on any atom is -0.488 e. The van der Waals surface area contributed by atoms with Gasteiger partial charge in [-0.3, -0.25) is 0 Å². The van der Waals surface area contributed by atoms with E-state index < -0.39 is 0 Å². The number of rotatable bonds is 0. The zero-order chi connectivity index (χ0) is 5.11. The molecule has 3 nitrogen and oxygen atoms in total. The predicted octanol–water partition coefficient (Wildman–Crippen LogP) is 0.130. The molecule has 0 aromatic carbocycles. The number of hydrogen-bond acceptors (Lipinski definition) is 3. The largest absolute Gasteiger partial charge is 0.488 e. The Balaban J connectivity index is 2.84. The van der Waals surface area contributed by atoms with Crippen LogP contribution in [0, 0.1) is 0 Å². The first-order chi connectivity index (χ1) is 3.39. The van der Waals surface area contributed by atoms with E-state index in [2.05, 4.69) is 16.3 Å². The summed E-state index contributed by atoms with van der Waals surface area (Å²) in [4.78, 5) is 0. The van der Waals surface area contributed by atoms with Gasteiger partial charge in [0, 0.05) is 6.08 Å². The molecule has 1 aliphatic heterocycles. The van der Waals surface area contributed by atoms with Crippen molar-refractivity contribution in [3.05, 3.63) is 17.7 Å². The molecule has 1 aliphatic rings. The number of hydrogen-bond donors (Lipinski definition) is 2. The van der Waals surface area contributed by atoms with Crippen LogP contribution in [0.3, 0.4) is 0 Å². The second kappa shape index (κ2) is 1.49. The fourth-order valence-corrected chi connectivity index (χ4v) is 0.284. The number of hydrazone groups is 1. The zero-order valence-corrected chi connectivity index (χ0v) is 3.55. The van der Waals surface area contributed by atoms with Gasteiger partial charge in [-0.25, -0.2) is 5.43 Å². The standard InChI is InChI=1S/C4H4N2O/c7-4-2-1-3-5-6-4/h1,3,6-7H. The summed E-state index contributed by atoms with van der Waals surface area (Å²) in [5.41, 5.74) is 4.75. The highest BCUT2D eigenvalue weighted by atomic mass is 16.3. The first-order valence-electron chi connectivity index (χ1n) is 1.83. The van der Waals surface area contributed by atoms with E-state index in [1.165, 1.54) is 12.3 Å². The van der Waals surface area contributed by atoms with Crippen LogP contribution in [0.5, 0.6) is 0 Å². The molecule has 0 spiro atoms. The molecule has 0 atom stereocenters. The fourth-order valence-electron chi connectivity index (χ4n) is 0.284. The summed E-state index contributed by atoms with van der Waals surface area (Å²) in [7, 11) is 0. The molecule has 0 aromatic heterocycles. The lowest BCUT2D eigenvalue weighted by atomic mass is 10.6. The summed E-state index contributed by atoms with van der Waals surface area (Å²) in [6.07, 6.45) is 3.02. The second-order valence-electron chi connectivity index (χ2n) is 1.05. The summed E-state index contributed by atoms with van der Waals surface area (Å²) in [6.45, 7) is 0. The SMILES string of the molecule is OC1=C=CC=NN1. The molecule has 0 aliphatic carbocycles. The van der Waals surface area contributed by atoms with E-state index >= 15 is 0 Å². The maximum absolute atomic E-state index is 8.46. The Bertz CT molecular complexity index is 153. The first kappa shape index (κ1) is 3.96. The van der Waals surface area contributed by atoms with Gasteiger partial charge in [0.15, 0.2) is 0 Å². The highest BCUT2D eigenvalue weighted by Gasteiger charge is 1.83. The van der Waals surface area contributed by atoms with Gasteiger partial charge in [0.2, 0.25) is 0 Å². The van der Waals surface area contributed by atoms with Crippen molar-refractivity contribution in [2.75, 3.05) is 0 Å². The van der Waals surface area contributed by atoms with Crippen molar-refractivity contribution in [2.24, 2.45) is 5.10 Å². The fraction of sp³-hybridized carbons (Fsp3) is 0. The van der Waals surface area contributed by atoms with Gasteiger partial charge in [-0.2, -0.15) is 5.10 Å². The maximum Gasteiger partial charge on any atom is 0.251 e. The minimum atomic E-state index is -0.0394. The Morgan fingerprint density at radius 1 is 1.86 bits per heavy atom. The third-order valence-electron chi connectivity index (χ3n) is 0.540. The number of aliphatic hydroxyl groups excluding tert-OH is 1. The Morgan fingerprint density at radius 2 is 2.71 bits per heavy atom. The molecule has 0 radical (unpaired) electrons. The first-order valence-corrected chi connectivity index (χ1v) is 1.83. The molecule has 0 fully saturated rings. The number of nitrogens with zero attached hydrogens (tertiary/aromatic N) is 1. The average molecular weight is 96.1 g/mol. The van der Waals surface area contributed by atoms with Crippen molar-refractivity contribution in [1.29, 1.82) is 0 Å². The lowest BCUT2D eigenvalue weighted by Crippen LogP contribution is -2.04. The van der Waals surface area contributed by atoms with Crippen molar-refractivity contribution >= 4 is 6.21 Å². The van der Waals surface area contributed by atoms with Gasteiger partial charge in [0.1, 0.15) is 0 Å². The van der Waals surface area contributed by atoms with Gasteiger partial charge < -0.3 is 5.11 Å². The average Bonchev–Trinajstić information content (AvgIpc) is 1.69. The molecule has 3 heteroatoms.